The number of hydrogen-bond donors (Lipinski definition) is 1. The molecule has 7 heteroatoms. The van der Waals surface area contributed by atoms with E-state index in [1.54, 1.807) is 12.6 Å². The zero-order valence-electron chi connectivity index (χ0n) is 12.1. The van der Waals surface area contributed by atoms with E-state index in [0.717, 1.165) is 48.5 Å². The number of rotatable bonds is 3. The predicted molar refractivity (Wildman–Crippen MR) is 80.1 cm³/mol. The minimum absolute atomic E-state index is 0.0236. The van der Waals surface area contributed by atoms with Gasteiger partial charge in [0.15, 0.2) is 5.65 Å². The lowest BCUT2D eigenvalue weighted by atomic mass is 10.2. The van der Waals surface area contributed by atoms with Crippen LogP contribution in [0, 0.1) is 0 Å². The van der Waals surface area contributed by atoms with Crippen molar-refractivity contribution < 1.29 is 9.15 Å². The fourth-order valence-electron chi connectivity index (χ4n) is 2.85. The summed E-state index contributed by atoms with van der Waals surface area (Å²) in [5.74, 6) is 1.06. The number of fused-ring (bicyclic) bond motifs is 1. The molecule has 3 aromatic rings. The monoisotopic (exact) mass is 299 g/mol. The van der Waals surface area contributed by atoms with Crippen molar-refractivity contribution in [3.8, 4) is 0 Å². The summed E-state index contributed by atoms with van der Waals surface area (Å²) < 4.78 is 13.2. The van der Waals surface area contributed by atoms with Crippen molar-refractivity contribution in [1.29, 1.82) is 0 Å². The number of imidazole rings is 1. The summed E-state index contributed by atoms with van der Waals surface area (Å²) in [7, 11) is 0. The van der Waals surface area contributed by atoms with E-state index in [-0.39, 0.29) is 12.2 Å². The summed E-state index contributed by atoms with van der Waals surface area (Å²) in [4.78, 5) is 13.2. The Morgan fingerprint density at radius 2 is 2.27 bits per heavy atom. The van der Waals surface area contributed by atoms with Crippen molar-refractivity contribution in [2.45, 2.75) is 31.9 Å². The van der Waals surface area contributed by atoms with Gasteiger partial charge in [-0.15, -0.1) is 0 Å². The Kier molecular flexibility index (Phi) is 3.27. The molecule has 22 heavy (non-hydrogen) atoms. The number of anilines is 1. The molecule has 114 valence electrons. The lowest BCUT2D eigenvalue weighted by Crippen LogP contribution is -2.18. The van der Waals surface area contributed by atoms with Crippen LogP contribution in [0.25, 0.3) is 11.2 Å². The molecule has 1 atom stereocenters. The maximum atomic E-state index is 5.88. The van der Waals surface area contributed by atoms with Crippen molar-refractivity contribution >= 4 is 17.1 Å². The Balaban J connectivity index is 1.76. The summed E-state index contributed by atoms with van der Waals surface area (Å²) >= 11 is 0. The topological polar surface area (TPSA) is 92.0 Å². The first-order valence-corrected chi connectivity index (χ1v) is 7.44. The first-order chi connectivity index (χ1) is 10.8. The van der Waals surface area contributed by atoms with Crippen molar-refractivity contribution in [2.75, 3.05) is 12.3 Å². The molecule has 4 heterocycles. The highest BCUT2D eigenvalue weighted by Crippen LogP contribution is 2.27. The molecule has 0 radical (unpaired) electrons. The third kappa shape index (κ3) is 2.33. The fourth-order valence-corrected chi connectivity index (χ4v) is 2.85. The van der Waals surface area contributed by atoms with Crippen LogP contribution < -0.4 is 5.73 Å². The molecule has 1 aliphatic heterocycles. The van der Waals surface area contributed by atoms with Gasteiger partial charge in [0.2, 0.25) is 5.95 Å². The summed E-state index contributed by atoms with van der Waals surface area (Å²) in [5, 5.41) is 0. The lowest BCUT2D eigenvalue weighted by Gasteiger charge is -2.23. The minimum Gasteiger partial charge on any atom is -0.469 e. The summed E-state index contributed by atoms with van der Waals surface area (Å²) in [5.41, 5.74) is 8.12. The summed E-state index contributed by atoms with van der Waals surface area (Å²) in [6.45, 7) is 0.768. The smallest absolute Gasteiger partial charge is 0.222 e. The summed E-state index contributed by atoms with van der Waals surface area (Å²) in [6, 6.07) is 3.76. The van der Waals surface area contributed by atoms with Gasteiger partial charge < -0.3 is 14.9 Å². The van der Waals surface area contributed by atoms with E-state index < -0.39 is 0 Å². The maximum absolute atomic E-state index is 5.88. The molecule has 2 N–H and O–H groups in total. The van der Waals surface area contributed by atoms with E-state index in [0.29, 0.717) is 6.42 Å². The van der Waals surface area contributed by atoms with Crippen LogP contribution in [0.1, 0.15) is 36.9 Å². The number of nitrogens with two attached hydrogens (primary N) is 1. The Labute approximate surface area is 127 Å². The molecule has 7 nitrogen and oxygen atoms in total. The van der Waals surface area contributed by atoms with Crippen LogP contribution in [-0.2, 0) is 11.2 Å². The number of ether oxygens (including phenoxy) is 1. The fraction of sp³-hybridized carbons (Fsp3) is 0.400. The van der Waals surface area contributed by atoms with Gasteiger partial charge in [-0.2, -0.15) is 4.98 Å². The molecule has 3 aromatic heterocycles. The van der Waals surface area contributed by atoms with Gasteiger partial charge in [0.1, 0.15) is 17.5 Å². The average Bonchev–Trinajstić information content (AvgIpc) is 3.17. The number of furan rings is 1. The van der Waals surface area contributed by atoms with Gasteiger partial charge in [-0.1, -0.05) is 0 Å². The number of hydrogen-bond acceptors (Lipinski definition) is 6. The summed E-state index contributed by atoms with van der Waals surface area (Å²) in [6.07, 6.45) is 7.13. The Morgan fingerprint density at radius 1 is 1.32 bits per heavy atom. The average molecular weight is 299 g/mol. The molecule has 0 saturated carbocycles. The molecular weight excluding hydrogens is 282 g/mol. The second kappa shape index (κ2) is 5.42. The van der Waals surface area contributed by atoms with Gasteiger partial charge in [0, 0.05) is 6.61 Å². The van der Waals surface area contributed by atoms with E-state index in [9.17, 15) is 0 Å². The zero-order chi connectivity index (χ0) is 14.9. The van der Waals surface area contributed by atoms with Crippen LogP contribution in [0.4, 0.5) is 5.95 Å². The second-order valence-corrected chi connectivity index (χ2v) is 5.43. The van der Waals surface area contributed by atoms with E-state index in [2.05, 4.69) is 15.0 Å². The van der Waals surface area contributed by atoms with Crippen LogP contribution in [0.15, 0.2) is 29.1 Å². The van der Waals surface area contributed by atoms with Gasteiger partial charge in [0.25, 0.3) is 0 Å². The zero-order valence-corrected chi connectivity index (χ0v) is 12.1. The molecular formula is C15H17N5O2. The highest BCUT2D eigenvalue weighted by molar-refractivity contribution is 5.75. The molecule has 1 unspecified atom stereocenters. The quantitative estimate of drug-likeness (QED) is 0.797. The number of nitrogen functional groups attached to an aromatic ring is 1. The van der Waals surface area contributed by atoms with Gasteiger partial charge >= 0.3 is 0 Å². The normalized spacial score (nSPS) is 18.8. The molecule has 0 amide bonds. The van der Waals surface area contributed by atoms with Gasteiger partial charge in [-0.25, -0.2) is 9.97 Å². The Bertz CT molecular complexity index is 775. The Hall–Kier alpha value is -2.41. The molecule has 0 bridgehead atoms. The van der Waals surface area contributed by atoms with Crippen LogP contribution in [-0.4, -0.2) is 26.1 Å². The first-order valence-electron chi connectivity index (χ1n) is 7.44. The van der Waals surface area contributed by atoms with E-state index >= 15 is 0 Å². The van der Waals surface area contributed by atoms with Crippen molar-refractivity contribution in [3.63, 3.8) is 0 Å². The molecule has 0 spiro atoms. The second-order valence-electron chi connectivity index (χ2n) is 5.43. The molecule has 1 aliphatic rings. The van der Waals surface area contributed by atoms with Crippen LogP contribution in [0.5, 0.6) is 0 Å². The maximum Gasteiger partial charge on any atom is 0.222 e. The van der Waals surface area contributed by atoms with Gasteiger partial charge in [-0.05, 0) is 31.4 Å². The van der Waals surface area contributed by atoms with E-state index in [1.807, 2.05) is 16.7 Å². The van der Waals surface area contributed by atoms with Crippen molar-refractivity contribution in [3.05, 3.63) is 36.2 Å². The highest BCUT2D eigenvalue weighted by atomic mass is 16.5. The Morgan fingerprint density at radius 3 is 3.05 bits per heavy atom. The minimum atomic E-state index is -0.0236. The first kappa shape index (κ1) is 13.3. The molecule has 1 saturated heterocycles. The largest absolute Gasteiger partial charge is 0.469 e. The third-order valence-electron chi connectivity index (χ3n) is 3.90. The third-order valence-corrected chi connectivity index (χ3v) is 3.90. The molecule has 4 rings (SSSR count). The number of nitrogens with zero attached hydrogens (tertiary/aromatic N) is 4. The molecule has 0 aliphatic carbocycles. The van der Waals surface area contributed by atoms with Crippen LogP contribution in [0.2, 0.25) is 0 Å². The lowest BCUT2D eigenvalue weighted by molar-refractivity contribution is -0.0298. The standard InChI is InChI=1S/C15H17N5O2/c16-15-18-11(8-10-4-3-7-21-10)13-14(19-15)20(9-17-13)12-5-1-2-6-22-12/h3-4,7,9,12H,1-2,5-6,8H2,(H2,16,18,19). The molecule has 1 fully saturated rings. The van der Waals surface area contributed by atoms with Crippen LogP contribution >= 0.6 is 0 Å². The highest BCUT2D eigenvalue weighted by Gasteiger charge is 2.21. The number of aromatic nitrogens is 4. The van der Waals surface area contributed by atoms with E-state index in [4.69, 9.17) is 14.9 Å². The van der Waals surface area contributed by atoms with Gasteiger partial charge in [0.05, 0.1) is 24.7 Å². The van der Waals surface area contributed by atoms with Gasteiger partial charge in [-0.3, -0.25) is 4.57 Å². The van der Waals surface area contributed by atoms with Crippen molar-refractivity contribution in [2.24, 2.45) is 0 Å². The van der Waals surface area contributed by atoms with Crippen molar-refractivity contribution in [1.82, 2.24) is 19.5 Å². The van der Waals surface area contributed by atoms with E-state index in [1.165, 1.54) is 0 Å². The predicted octanol–water partition coefficient (Wildman–Crippen LogP) is 2.29. The molecule has 0 aromatic carbocycles. The van der Waals surface area contributed by atoms with Crippen LogP contribution in [0.3, 0.4) is 0 Å². The SMILES string of the molecule is Nc1nc(Cc2ccco2)c2ncn(C3CCCCO3)c2n1.